The van der Waals surface area contributed by atoms with Crippen LogP contribution in [0.2, 0.25) is 0 Å². The molecule has 9 aliphatic heterocycles. The molecule has 118 heavy (non-hydrogen) atoms. The second kappa shape index (κ2) is 42.1. The third-order valence-corrected chi connectivity index (χ3v) is 21.3. The molecule has 46 atom stereocenters. The van der Waals surface area contributed by atoms with Crippen molar-refractivity contribution in [2.24, 2.45) is 0 Å². The third kappa shape index (κ3) is 21.2. The Labute approximate surface area is 666 Å². The Morgan fingerprint density at radius 2 is 0.686 bits per heavy atom. The monoisotopic (exact) mass is 1730 g/mol. The number of aliphatic hydroxyl groups excluding tert-OH is 26. The number of nitrogens with one attached hydrogen (secondary N) is 4. The van der Waals surface area contributed by atoms with Crippen molar-refractivity contribution >= 4 is 29.6 Å². The summed E-state index contributed by atoms with van der Waals surface area (Å²) in [6.45, 7) is -6.66. The van der Waals surface area contributed by atoms with Crippen LogP contribution in [0.15, 0.2) is 0 Å². The van der Waals surface area contributed by atoms with Crippen LogP contribution >= 0.6 is 0 Å². The molecule has 0 radical (unpaired) electrons. The smallest absolute Gasteiger partial charge is 0.364 e. The number of aliphatic carboxylic acids is 1. The zero-order valence-electron chi connectivity index (χ0n) is 63.1. The molecular weight excluding hydrogens is 1620 g/mol. The number of carboxylic acid groups (broad SMARTS) is 1. The van der Waals surface area contributed by atoms with Crippen LogP contribution < -0.4 is 21.3 Å². The summed E-state index contributed by atoms with van der Waals surface area (Å²) in [5.41, 5.74) is 0. The van der Waals surface area contributed by atoms with Crippen molar-refractivity contribution < 1.29 is 242 Å². The number of ether oxygens (including phenoxy) is 17. The standard InChI is InChI=1S/C65H108N4O49/c1-15(78)66-29-19(82)5-65(64(100)101,117-51(29)33(84)20(83)6-70)118-54-37(88)24(10-74)106-62(47(54)98)113-50-27(13-77)109-58(32(41(50)92)69-18(4)81)116-55-43(94)35(86)22(8-72)107-63(55)115-53-38(89)28(14-102-59-45(96)52(36(87)23(9-73)104-59)114-60-44(95)42(93)34(85)21(7-71)105-60)110-61(46(53)97)112-49-26(12-76)108-57(31(40(49)91)68-17(3)80)111-48-25(11-75)103-56(99)30(39(48)90)67-16(2)79/h19-63,70-77,82-99H,5-14H2,1-4H3,(H,66,78)(H,67,79)(H,68,80)(H,69,81)(H,100,101)/t19-,20+,21+,22+,23+,24+,25+,26+,27+,28+,29+,30+,31+,32+,33+,34+,35+,36+,37-,38+,39+,40+,41+,42-,43-,44-,45-,46-,47+,48+,49+,50+,51+,52-,53-,54-,55-,56?,57-,58-,59-,60+,61-,62-,63+,65-/m0/s1. The molecule has 9 aliphatic rings. The molecule has 31 N–H and O–H groups in total. The second-order valence-corrected chi connectivity index (χ2v) is 29.6. The molecule has 9 fully saturated rings. The van der Waals surface area contributed by atoms with Crippen molar-refractivity contribution in [2.45, 2.75) is 316 Å². The van der Waals surface area contributed by atoms with Gasteiger partial charge in [-0.3, -0.25) is 19.2 Å². The van der Waals surface area contributed by atoms with Gasteiger partial charge in [0, 0.05) is 34.1 Å². The number of hydrogen-bond acceptors (Lipinski definition) is 48. The SMILES string of the molecule is CC(=O)N[C@H]1[C@H](O[C@H]2[C@H](O)[C@@H](NC(C)=O)C(O)O[C@@H]2CO)O[C@H](CO)[C@@H](O[C@@H]2O[C@H](CO[C@H]3O[C@H](CO)[C@@H](O)[C@H](O[C@H]4O[C@H](CO)[C@@H](O)[C@H](O)[C@@H]4O)[C@@H]3O)[C@@H](O)[C@H](O[C@H]3O[C@H](CO)[C@@H](O)[C@H](O)[C@@H]3O[C@@H]3O[C@H](CO)[C@@H](O[C@@H]4O[C@H](CO)[C@H](O)[C@H](O[C@]5(C(=O)O)C[C@H](O)[C@@H](NC(C)=O)[C@H]([C@H](O)[C@H](O)CO)O5)[C@H]4O)[C@H](O)[C@H]3NC(C)=O)[C@@H]2O)[C@@H]1O. The van der Waals surface area contributed by atoms with Gasteiger partial charge in [-0.1, -0.05) is 0 Å². The number of carboxylic acids is 1. The zero-order chi connectivity index (χ0) is 87.3. The summed E-state index contributed by atoms with van der Waals surface area (Å²) in [4.78, 5) is 63.7. The van der Waals surface area contributed by atoms with E-state index in [2.05, 4.69) is 21.3 Å². The van der Waals surface area contributed by atoms with Crippen molar-refractivity contribution in [2.75, 3.05) is 59.5 Å². The summed E-state index contributed by atoms with van der Waals surface area (Å²) in [7, 11) is 0. The number of hydrogen-bond donors (Lipinski definition) is 31. The van der Waals surface area contributed by atoms with E-state index in [9.17, 15) is 162 Å². The van der Waals surface area contributed by atoms with Crippen LogP contribution in [-0.2, 0) is 104 Å². The average Bonchev–Trinajstić information content (AvgIpc) is 0.781. The van der Waals surface area contributed by atoms with Crippen LogP contribution in [0.25, 0.3) is 0 Å². The zero-order valence-corrected chi connectivity index (χ0v) is 63.1. The maximum absolute atomic E-state index is 13.2. The van der Waals surface area contributed by atoms with Gasteiger partial charge in [-0.15, -0.1) is 0 Å². The lowest BCUT2D eigenvalue weighted by Gasteiger charge is -2.51. The fourth-order valence-corrected chi connectivity index (χ4v) is 15.2. The fourth-order valence-electron chi connectivity index (χ4n) is 15.2. The Morgan fingerprint density at radius 3 is 1.15 bits per heavy atom. The third-order valence-electron chi connectivity index (χ3n) is 21.3. The molecule has 0 aromatic carbocycles. The van der Waals surface area contributed by atoms with E-state index in [1.54, 1.807) is 0 Å². The lowest BCUT2D eigenvalue weighted by molar-refractivity contribution is -0.400. The minimum absolute atomic E-state index is 0.795. The van der Waals surface area contributed by atoms with Gasteiger partial charge >= 0.3 is 5.97 Å². The van der Waals surface area contributed by atoms with Crippen molar-refractivity contribution in [3.8, 4) is 0 Å². The van der Waals surface area contributed by atoms with Crippen LogP contribution in [0.4, 0.5) is 0 Å². The predicted molar refractivity (Wildman–Crippen MR) is 361 cm³/mol. The van der Waals surface area contributed by atoms with Crippen molar-refractivity contribution in [1.82, 2.24) is 21.3 Å². The maximum Gasteiger partial charge on any atom is 0.364 e. The average molecular weight is 1730 g/mol. The van der Waals surface area contributed by atoms with E-state index in [-0.39, 0.29) is 0 Å². The van der Waals surface area contributed by atoms with Gasteiger partial charge in [-0.25, -0.2) is 4.79 Å². The highest BCUT2D eigenvalue weighted by molar-refractivity contribution is 5.77. The second-order valence-electron chi connectivity index (χ2n) is 29.6. The quantitative estimate of drug-likeness (QED) is 0.0297. The molecule has 0 aliphatic carbocycles. The van der Waals surface area contributed by atoms with E-state index >= 15 is 0 Å². The maximum atomic E-state index is 13.2. The van der Waals surface area contributed by atoms with Crippen molar-refractivity contribution in [3.05, 3.63) is 0 Å². The highest BCUT2D eigenvalue weighted by atomic mass is 16.8. The van der Waals surface area contributed by atoms with Crippen molar-refractivity contribution in [3.63, 3.8) is 0 Å². The van der Waals surface area contributed by atoms with Gasteiger partial charge in [0.2, 0.25) is 23.6 Å². The van der Waals surface area contributed by atoms with Crippen LogP contribution in [0, 0.1) is 0 Å². The topological polar surface area (TPSA) is 837 Å². The van der Waals surface area contributed by atoms with E-state index < -0.39 is 377 Å². The molecule has 0 spiro atoms. The normalized spacial score (nSPS) is 47.6. The van der Waals surface area contributed by atoms with Gasteiger partial charge < -0.3 is 240 Å². The predicted octanol–water partition coefficient (Wildman–Crippen LogP) is -20.8. The Balaban J connectivity index is 1.02. The summed E-state index contributed by atoms with van der Waals surface area (Å²) in [6, 6.07) is -7.45. The van der Waals surface area contributed by atoms with Crippen LogP contribution in [0.5, 0.6) is 0 Å². The van der Waals surface area contributed by atoms with Crippen LogP contribution in [0.3, 0.4) is 0 Å². The summed E-state index contributed by atoms with van der Waals surface area (Å²) in [6.07, 6.45) is -90.3. The summed E-state index contributed by atoms with van der Waals surface area (Å²) in [5, 5.41) is 309. The first-order valence-electron chi connectivity index (χ1n) is 37.3. The molecule has 0 aromatic heterocycles. The molecule has 1 unspecified atom stereocenters. The van der Waals surface area contributed by atoms with E-state index in [4.69, 9.17) is 80.5 Å². The molecular formula is C65H108N4O49. The van der Waals surface area contributed by atoms with Gasteiger partial charge in [-0.2, -0.15) is 0 Å². The molecule has 0 aromatic rings. The molecule has 4 amide bonds. The Bertz CT molecular complexity index is 3210. The minimum atomic E-state index is -3.31. The van der Waals surface area contributed by atoms with Crippen LogP contribution in [-0.4, -0.2) is 509 Å². The summed E-state index contributed by atoms with van der Waals surface area (Å²) >= 11 is 0. The highest BCUT2D eigenvalue weighted by Gasteiger charge is 2.63. The van der Waals surface area contributed by atoms with Gasteiger partial charge in [0.15, 0.2) is 50.3 Å². The first-order chi connectivity index (χ1) is 55.7. The number of carbonyl (C=O) groups excluding carboxylic acids is 4. The van der Waals surface area contributed by atoms with E-state index in [1.807, 2.05) is 0 Å². The lowest BCUT2D eigenvalue weighted by atomic mass is 9.88. The lowest BCUT2D eigenvalue weighted by Crippen LogP contribution is -2.71. The first kappa shape index (κ1) is 97.4. The van der Waals surface area contributed by atoms with E-state index in [0.29, 0.717) is 0 Å². The molecule has 53 heteroatoms. The first-order valence-corrected chi connectivity index (χ1v) is 37.3. The number of aliphatic hydroxyl groups is 26. The summed E-state index contributed by atoms with van der Waals surface area (Å²) < 4.78 is 99.6. The van der Waals surface area contributed by atoms with Gasteiger partial charge in [0.05, 0.1) is 71.6 Å². The van der Waals surface area contributed by atoms with Gasteiger partial charge in [0.1, 0.15) is 213 Å². The van der Waals surface area contributed by atoms with E-state index in [1.165, 1.54) is 0 Å². The Hall–Kier alpha value is -4.37. The van der Waals surface area contributed by atoms with E-state index in [0.717, 1.165) is 27.7 Å². The largest absolute Gasteiger partial charge is 0.477 e. The minimum Gasteiger partial charge on any atom is -0.477 e. The molecule has 53 nitrogen and oxygen atoms in total. The Kier molecular flexibility index (Phi) is 34.7. The van der Waals surface area contributed by atoms with Crippen molar-refractivity contribution in [1.29, 1.82) is 0 Å². The number of rotatable bonds is 32. The Morgan fingerprint density at radius 1 is 0.347 bits per heavy atom. The fraction of sp³-hybridized carbons (Fsp3) is 0.923. The molecule has 9 saturated heterocycles. The van der Waals surface area contributed by atoms with Gasteiger partial charge in [0.25, 0.3) is 5.79 Å². The number of amides is 4. The van der Waals surface area contributed by atoms with Crippen LogP contribution in [0.1, 0.15) is 34.1 Å². The summed E-state index contributed by atoms with van der Waals surface area (Å²) in [5.74, 6) is -9.14. The molecule has 682 valence electrons. The number of carbonyl (C=O) groups is 5. The molecule has 0 bridgehead atoms. The molecule has 9 heterocycles. The molecule has 9 rings (SSSR count). The van der Waals surface area contributed by atoms with Gasteiger partial charge in [-0.05, 0) is 0 Å². The highest BCUT2D eigenvalue weighted by Crippen LogP contribution is 2.42. The molecule has 0 saturated carbocycles.